The Bertz CT molecular complexity index is 551. The minimum Gasteiger partial charge on any atom is -0.282 e. The van der Waals surface area contributed by atoms with Crippen molar-refractivity contribution >= 4 is 31.6 Å². The molecular formula is C9H8BrFN2O2S. The molecule has 0 aliphatic rings. The number of nitrogens with one attached hydrogen (secondary N) is 1. The maximum Gasteiger partial charge on any atom is 0.242 e. The molecule has 0 amide bonds. The number of hydrogen-bond donors (Lipinski definition) is 1. The summed E-state index contributed by atoms with van der Waals surface area (Å²) in [6.07, 6.45) is 0. The van der Waals surface area contributed by atoms with Gasteiger partial charge in [0, 0.05) is 5.56 Å². The molecule has 16 heavy (non-hydrogen) atoms. The molecule has 7 heteroatoms. The fourth-order valence-corrected chi connectivity index (χ4v) is 1.99. The molecule has 1 aromatic rings. The lowest BCUT2D eigenvalue weighted by Crippen LogP contribution is -2.14. The first-order valence-electron chi connectivity index (χ1n) is 4.16. The Morgan fingerprint density at radius 3 is 2.69 bits per heavy atom. The van der Waals surface area contributed by atoms with Gasteiger partial charge in [-0.15, -0.1) is 0 Å². The van der Waals surface area contributed by atoms with Crippen molar-refractivity contribution in [1.82, 2.24) is 0 Å². The van der Waals surface area contributed by atoms with Gasteiger partial charge in [-0.25, -0.2) is 12.8 Å². The number of sulfonamides is 1. The Labute approximate surface area is 101 Å². The van der Waals surface area contributed by atoms with Crippen LogP contribution in [0.15, 0.2) is 12.1 Å². The summed E-state index contributed by atoms with van der Waals surface area (Å²) in [5, 5.41) is 8.63. The molecule has 0 spiro atoms. The molecule has 0 aromatic heterocycles. The van der Waals surface area contributed by atoms with E-state index in [1.54, 1.807) is 6.07 Å². The van der Waals surface area contributed by atoms with E-state index in [1.807, 2.05) is 0 Å². The maximum atomic E-state index is 13.3. The van der Waals surface area contributed by atoms with Crippen molar-refractivity contribution in [3.8, 4) is 6.07 Å². The van der Waals surface area contributed by atoms with Gasteiger partial charge in [0.2, 0.25) is 10.0 Å². The summed E-state index contributed by atoms with van der Waals surface area (Å²) >= 11 is 2.80. The molecule has 4 nitrogen and oxygen atoms in total. The Kier molecular flexibility index (Phi) is 3.88. The van der Waals surface area contributed by atoms with Crippen LogP contribution in [0, 0.1) is 24.1 Å². The lowest BCUT2D eigenvalue weighted by atomic mass is 10.1. The van der Waals surface area contributed by atoms with Crippen molar-refractivity contribution in [2.24, 2.45) is 0 Å². The molecule has 1 aromatic carbocycles. The van der Waals surface area contributed by atoms with Crippen LogP contribution in [0.2, 0.25) is 0 Å². The van der Waals surface area contributed by atoms with E-state index < -0.39 is 15.8 Å². The summed E-state index contributed by atoms with van der Waals surface area (Å²) in [6.45, 7) is 1.43. The molecule has 0 radical (unpaired) electrons. The molecule has 86 valence electrons. The highest BCUT2D eigenvalue weighted by atomic mass is 79.9. The van der Waals surface area contributed by atoms with Gasteiger partial charge in [0.1, 0.15) is 10.5 Å². The summed E-state index contributed by atoms with van der Waals surface area (Å²) in [4.78, 5) is 0. The second-order valence-corrected chi connectivity index (χ2v) is 6.09. The summed E-state index contributed by atoms with van der Waals surface area (Å²) in [5.74, 6) is -0.619. The molecule has 0 heterocycles. The van der Waals surface area contributed by atoms with Crippen LogP contribution in [0.3, 0.4) is 0 Å². The Morgan fingerprint density at radius 1 is 1.56 bits per heavy atom. The molecule has 0 saturated heterocycles. The monoisotopic (exact) mass is 306 g/mol. The highest BCUT2D eigenvalue weighted by Gasteiger charge is 2.13. The van der Waals surface area contributed by atoms with Crippen molar-refractivity contribution in [1.29, 1.82) is 5.26 Å². The predicted octanol–water partition coefficient (Wildman–Crippen LogP) is 2.10. The summed E-state index contributed by atoms with van der Waals surface area (Å²) in [5.41, 5.74) is 0.301. The lowest BCUT2D eigenvalue weighted by molar-refractivity contribution is 0.605. The molecule has 1 N–H and O–H groups in total. The number of hydrogen-bond acceptors (Lipinski definition) is 3. The van der Waals surface area contributed by atoms with Crippen molar-refractivity contribution < 1.29 is 12.8 Å². The van der Waals surface area contributed by atoms with E-state index >= 15 is 0 Å². The van der Waals surface area contributed by atoms with Gasteiger partial charge >= 0.3 is 0 Å². The number of benzene rings is 1. The number of alkyl halides is 1. The van der Waals surface area contributed by atoms with Gasteiger partial charge < -0.3 is 0 Å². The zero-order valence-electron chi connectivity index (χ0n) is 8.29. The third-order valence-corrected chi connectivity index (χ3v) is 4.51. The summed E-state index contributed by atoms with van der Waals surface area (Å²) in [7, 11) is -3.55. The number of nitriles is 1. The predicted molar refractivity (Wildman–Crippen MR) is 62.2 cm³/mol. The highest BCUT2D eigenvalue weighted by Crippen LogP contribution is 2.21. The van der Waals surface area contributed by atoms with Gasteiger partial charge in [-0.2, -0.15) is 5.26 Å². The van der Waals surface area contributed by atoms with Crippen molar-refractivity contribution in [3.63, 3.8) is 0 Å². The second-order valence-electron chi connectivity index (χ2n) is 3.07. The van der Waals surface area contributed by atoms with Crippen LogP contribution >= 0.6 is 15.9 Å². The molecule has 0 saturated carbocycles. The van der Waals surface area contributed by atoms with Gasteiger partial charge in [-0.1, -0.05) is 15.9 Å². The Hall–Kier alpha value is -1.13. The van der Waals surface area contributed by atoms with Gasteiger partial charge in [0.15, 0.2) is 0 Å². The SMILES string of the molecule is Cc1c(F)cc(C#N)cc1NS(=O)(=O)CBr. The van der Waals surface area contributed by atoms with E-state index in [0.29, 0.717) is 0 Å². The third-order valence-electron chi connectivity index (χ3n) is 1.88. The largest absolute Gasteiger partial charge is 0.282 e. The van der Waals surface area contributed by atoms with Gasteiger partial charge in [0.25, 0.3) is 0 Å². The number of rotatable bonds is 3. The topological polar surface area (TPSA) is 70.0 Å². The Balaban J connectivity index is 3.25. The summed E-state index contributed by atoms with van der Waals surface area (Å²) < 4.78 is 37.7. The first-order chi connectivity index (χ1) is 7.39. The minimum absolute atomic E-state index is 0.0652. The third kappa shape index (κ3) is 2.93. The van der Waals surface area contributed by atoms with E-state index in [-0.39, 0.29) is 21.5 Å². The fourth-order valence-electron chi connectivity index (χ4n) is 1.04. The van der Waals surface area contributed by atoms with E-state index in [9.17, 15) is 12.8 Å². The average Bonchev–Trinajstić information content (AvgIpc) is 2.24. The summed E-state index contributed by atoms with van der Waals surface area (Å²) in [6, 6.07) is 4.10. The maximum absolute atomic E-state index is 13.3. The normalized spacial score (nSPS) is 10.9. The quantitative estimate of drug-likeness (QED) is 0.869. The second kappa shape index (κ2) is 4.80. The van der Waals surface area contributed by atoms with Crippen LogP contribution < -0.4 is 4.72 Å². The van der Waals surface area contributed by atoms with Gasteiger partial charge in [0.05, 0.1) is 17.3 Å². The van der Waals surface area contributed by atoms with Crippen LogP contribution in [-0.2, 0) is 10.0 Å². The molecule has 0 fully saturated rings. The first kappa shape index (κ1) is 12.9. The standard InChI is InChI=1S/C9H8BrFN2O2S/c1-6-8(11)2-7(4-12)3-9(6)13-16(14,15)5-10/h2-3,13H,5H2,1H3. The molecule has 0 aliphatic heterocycles. The molecular weight excluding hydrogens is 299 g/mol. The van der Waals surface area contributed by atoms with Crippen molar-refractivity contribution in [2.45, 2.75) is 6.92 Å². The van der Waals surface area contributed by atoms with Crippen LogP contribution in [0.4, 0.5) is 10.1 Å². The highest BCUT2D eigenvalue weighted by molar-refractivity contribution is 9.10. The minimum atomic E-state index is -3.55. The number of anilines is 1. The van der Waals surface area contributed by atoms with E-state index in [2.05, 4.69) is 20.7 Å². The van der Waals surface area contributed by atoms with Gasteiger partial charge in [-0.3, -0.25) is 4.72 Å². The fraction of sp³-hybridized carbons (Fsp3) is 0.222. The Morgan fingerprint density at radius 2 is 2.19 bits per heavy atom. The van der Waals surface area contributed by atoms with Crippen LogP contribution in [-0.4, -0.2) is 13.1 Å². The molecule has 0 unspecified atom stereocenters. The van der Waals surface area contributed by atoms with E-state index in [0.717, 1.165) is 6.07 Å². The number of nitrogens with zero attached hydrogens (tertiary/aromatic N) is 1. The molecule has 0 atom stereocenters. The van der Waals surface area contributed by atoms with Crippen molar-refractivity contribution in [3.05, 3.63) is 29.1 Å². The lowest BCUT2D eigenvalue weighted by Gasteiger charge is -2.09. The van der Waals surface area contributed by atoms with Crippen LogP contribution in [0.1, 0.15) is 11.1 Å². The molecule has 0 bridgehead atoms. The molecule has 1 rings (SSSR count). The van der Waals surface area contributed by atoms with Crippen LogP contribution in [0.25, 0.3) is 0 Å². The number of halogens is 2. The van der Waals surface area contributed by atoms with E-state index in [4.69, 9.17) is 5.26 Å². The van der Waals surface area contributed by atoms with Crippen LogP contribution in [0.5, 0.6) is 0 Å². The first-order valence-corrected chi connectivity index (χ1v) is 6.93. The van der Waals surface area contributed by atoms with Crippen molar-refractivity contribution in [2.75, 3.05) is 9.38 Å². The molecule has 0 aliphatic carbocycles. The zero-order chi connectivity index (χ0) is 12.3. The zero-order valence-corrected chi connectivity index (χ0v) is 10.7. The van der Waals surface area contributed by atoms with E-state index in [1.165, 1.54) is 13.0 Å². The van der Waals surface area contributed by atoms with Gasteiger partial charge in [-0.05, 0) is 19.1 Å². The average molecular weight is 307 g/mol. The smallest absolute Gasteiger partial charge is 0.242 e.